The van der Waals surface area contributed by atoms with Crippen LogP contribution in [0.15, 0.2) is 89.7 Å². The van der Waals surface area contributed by atoms with E-state index in [-0.39, 0.29) is 17.5 Å². The van der Waals surface area contributed by atoms with Crippen LogP contribution in [-0.2, 0) is 10.3 Å². The van der Waals surface area contributed by atoms with Gasteiger partial charge < -0.3 is 5.32 Å². The zero-order valence-corrected chi connectivity index (χ0v) is 18.8. The van der Waals surface area contributed by atoms with Crippen LogP contribution in [0, 0.1) is 0 Å². The number of hydrogen-bond donors (Lipinski definition) is 2. The monoisotopic (exact) mass is 467 g/mol. The fourth-order valence-electron chi connectivity index (χ4n) is 4.29. The first-order valence-corrected chi connectivity index (χ1v) is 11.1. The number of rotatable bonds is 5. The summed E-state index contributed by atoms with van der Waals surface area (Å²) in [5, 5.41) is 8.28. The normalized spacial score (nSPS) is 17.5. The number of nitrogens with one attached hydrogen (secondary N) is 2. The number of hydrazine groups is 1. The van der Waals surface area contributed by atoms with Crippen LogP contribution in [-0.4, -0.2) is 32.6 Å². The zero-order valence-electron chi connectivity index (χ0n) is 18.8. The summed E-state index contributed by atoms with van der Waals surface area (Å²) >= 11 is 0. The Balaban J connectivity index is 1.55. The number of urea groups is 1. The molecule has 2 N–H and O–H groups in total. The number of carbonyl (C=O) groups is 3. The van der Waals surface area contributed by atoms with E-state index >= 15 is 0 Å². The van der Waals surface area contributed by atoms with Crippen LogP contribution >= 0.6 is 0 Å². The highest BCUT2D eigenvalue weighted by atomic mass is 16.2. The van der Waals surface area contributed by atoms with Crippen molar-refractivity contribution in [2.45, 2.75) is 18.9 Å². The lowest BCUT2D eigenvalue weighted by molar-refractivity contribution is -0.133. The van der Waals surface area contributed by atoms with Crippen molar-refractivity contribution < 1.29 is 14.4 Å². The van der Waals surface area contributed by atoms with Crippen molar-refractivity contribution in [2.24, 2.45) is 0 Å². The molecule has 4 aromatic rings. The minimum atomic E-state index is -1.30. The van der Waals surface area contributed by atoms with E-state index in [0.717, 1.165) is 4.68 Å². The first kappa shape index (κ1) is 22.0. The summed E-state index contributed by atoms with van der Waals surface area (Å²) in [6, 6.07) is 23.3. The number of amides is 4. The van der Waals surface area contributed by atoms with Crippen LogP contribution in [0.5, 0.6) is 0 Å². The molecule has 0 aliphatic carbocycles. The highest BCUT2D eigenvalue weighted by Gasteiger charge is 2.52. The number of imide groups is 1. The van der Waals surface area contributed by atoms with Gasteiger partial charge in [-0.25, -0.2) is 4.79 Å². The number of aromatic nitrogens is 2. The third kappa shape index (κ3) is 3.54. The second-order valence-electron chi connectivity index (χ2n) is 8.08. The molecular weight excluding hydrogens is 446 g/mol. The highest BCUT2D eigenvalue weighted by Crippen LogP contribution is 2.31. The lowest BCUT2D eigenvalue weighted by Crippen LogP contribution is -2.49. The summed E-state index contributed by atoms with van der Waals surface area (Å²) in [5.74, 6) is -1.40. The first-order chi connectivity index (χ1) is 17.0. The predicted octanol–water partition coefficient (Wildman–Crippen LogP) is 2.89. The topological polar surface area (TPSA) is 113 Å². The maximum atomic E-state index is 13.4. The molecule has 3 aromatic carbocycles. The van der Waals surface area contributed by atoms with Crippen molar-refractivity contribution in [1.29, 1.82) is 0 Å². The van der Waals surface area contributed by atoms with E-state index in [9.17, 15) is 19.2 Å². The quantitative estimate of drug-likeness (QED) is 0.438. The van der Waals surface area contributed by atoms with Crippen molar-refractivity contribution >= 4 is 28.6 Å². The summed E-state index contributed by atoms with van der Waals surface area (Å²) in [6.45, 7) is 1.78. The average molecular weight is 467 g/mol. The van der Waals surface area contributed by atoms with Gasteiger partial charge >= 0.3 is 6.03 Å². The zero-order chi connectivity index (χ0) is 24.6. The average Bonchev–Trinajstić information content (AvgIpc) is 3.15. The van der Waals surface area contributed by atoms with Crippen molar-refractivity contribution in [3.63, 3.8) is 0 Å². The van der Waals surface area contributed by atoms with Gasteiger partial charge in [-0.15, -0.1) is 0 Å². The lowest BCUT2D eigenvalue weighted by Gasteiger charge is -2.25. The molecule has 0 saturated carbocycles. The van der Waals surface area contributed by atoms with Crippen molar-refractivity contribution in [1.82, 2.24) is 25.5 Å². The molecular formula is C26H21N5O4. The molecule has 0 bridgehead atoms. The minimum Gasteiger partial charge on any atom is -0.318 e. The largest absolute Gasteiger partial charge is 0.344 e. The van der Waals surface area contributed by atoms with Gasteiger partial charge in [-0.1, -0.05) is 73.7 Å². The summed E-state index contributed by atoms with van der Waals surface area (Å²) in [6.07, 6.45) is 0.286. The second kappa shape index (κ2) is 8.53. The Morgan fingerprint density at radius 1 is 0.886 bits per heavy atom. The maximum Gasteiger partial charge on any atom is 0.344 e. The number of fused-ring (bicyclic) bond motifs is 1. The van der Waals surface area contributed by atoms with Crippen LogP contribution < -0.4 is 16.3 Å². The summed E-state index contributed by atoms with van der Waals surface area (Å²) in [7, 11) is 0. The van der Waals surface area contributed by atoms with Crippen LogP contribution in [0.1, 0.15) is 29.4 Å². The molecule has 1 atom stereocenters. The van der Waals surface area contributed by atoms with Crippen molar-refractivity contribution in [3.8, 4) is 5.69 Å². The summed E-state index contributed by atoms with van der Waals surface area (Å²) in [4.78, 5) is 52.7. The van der Waals surface area contributed by atoms with Crippen LogP contribution in [0.4, 0.5) is 4.79 Å². The van der Waals surface area contributed by atoms with Gasteiger partial charge in [-0.2, -0.15) is 14.8 Å². The Morgan fingerprint density at radius 3 is 2.14 bits per heavy atom. The third-order valence-corrected chi connectivity index (χ3v) is 6.12. The molecule has 0 unspecified atom stereocenters. The number of carbonyl (C=O) groups excluding carboxylic acids is 3. The molecule has 1 aromatic heterocycles. The van der Waals surface area contributed by atoms with Crippen LogP contribution in [0.2, 0.25) is 0 Å². The molecule has 2 heterocycles. The molecule has 0 radical (unpaired) electrons. The molecule has 1 fully saturated rings. The standard InChI is InChI=1S/C26H21N5O4/c1-2-26(17-11-5-3-6-12-17)24(34)31(25(35)27-26)29-22(32)21-19-15-9-10-16-20(19)23(33)30(28-21)18-13-7-4-8-14-18/h3-16H,2H2,1H3,(H,27,35)(H,29,32)/t26-/m0/s1. The number of benzene rings is 3. The first-order valence-electron chi connectivity index (χ1n) is 11.1. The molecule has 5 rings (SSSR count). The number of para-hydroxylation sites is 1. The third-order valence-electron chi connectivity index (χ3n) is 6.12. The number of nitrogens with zero attached hydrogens (tertiary/aromatic N) is 3. The van der Waals surface area contributed by atoms with Gasteiger partial charge in [0.25, 0.3) is 17.4 Å². The highest BCUT2D eigenvalue weighted by molar-refractivity contribution is 6.11. The Hall–Kier alpha value is -4.79. The van der Waals surface area contributed by atoms with E-state index in [4.69, 9.17) is 0 Å². The fraction of sp³-hybridized carbons (Fsp3) is 0.115. The predicted molar refractivity (Wildman–Crippen MR) is 129 cm³/mol. The van der Waals surface area contributed by atoms with Gasteiger partial charge in [0.05, 0.1) is 11.1 Å². The molecule has 1 aliphatic rings. The van der Waals surface area contributed by atoms with E-state index in [0.29, 0.717) is 21.6 Å². The van der Waals surface area contributed by atoms with Crippen LogP contribution in [0.3, 0.4) is 0 Å². The SMILES string of the molecule is CC[C@@]1(c2ccccc2)NC(=O)N(NC(=O)c2nn(-c3ccccc3)c(=O)c3ccccc23)C1=O. The van der Waals surface area contributed by atoms with Gasteiger partial charge in [0.1, 0.15) is 5.54 Å². The van der Waals surface area contributed by atoms with Crippen LogP contribution in [0.25, 0.3) is 16.5 Å². The van der Waals surface area contributed by atoms with E-state index in [2.05, 4.69) is 15.8 Å². The lowest BCUT2D eigenvalue weighted by atomic mass is 9.87. The molecule has 4 amide bonds. The van der Waals surface area contributed by atoms with Gasteiger partial charge in [0, 0.05) is 5.39 Å². The fourth-order valence-corrected chi connectivity index (χ4v) is 4.29. The molecule has 0 spiro atoms. The molecule has 9 heteroatoms. The number of hydrogen-bond acceptors (Lipinski definition) is 5. The Labute approximate surface area is 200 Å². The molecule has 9 nitrogen and oxygen atoms in total. The van der Waals surface area contributed by atoms with E-state index in [1.165, 1.54) is 0 Å². The summed E-state index contributed by atoms with van der Waals surface area (Å²) in [5.41, 5.74) is 1.69. The molecule has 174 valence electrons. The van der Waals surface area contributed by atoms with Gasteiger partial charge in [-0.3, -0.25) is 19.8 Å². The Morgan fingerprint density at radius 2 is 1.49 bits per heavy atom. The molecule has 1 saturated heterocycles. The van der Waals surface area contributed by atoms with Gasteiger partial charge in [0.15, 0.2) is 5.69 Å². The second-order valence-corrected chi connectivity index (χ2v) is 8.08. The van der Waals surface area contributed by atoms with Gasteiger partial charge in [0.2, 0.25) is 0 Å². The Bertz CT molecular complexity index is 1520. The maximum absolute atomic E-state index is 13.4. The smallest absolute Gasteiger partial charge is 0.318 e. The van der Waals surface area contributed by atoms with E-state index < -0.39 is 28.9 Å². The van der Waals surface area contributed by atoms with E-state index in [1.54, 1.807) is 85.8 Å². The summed E-state index contributed by atoms with van der Waals surface area (Å²) < 4.78 is 1.13. The van der Waals surface area contributed by atoms with E-state index in [1.807, 2.05) is 6.07 Å². The van der Waals surface area contributed by atoms with Crippen molar-refractivity contribution in [3.05, 3.63) is 107 Å². The van der Waals surface area contributed by atoms with Crippen molar-refractivity contribution in [2.75, 3.05) is 0 Å². The Kier molecular flexibility index (Phi) is 5.37. The molecule has 35 heavy (non-hydrogen) atoms. The molecule has 1 aliphatic heterocycles. The minimum absolute atomic E-state index is 0.0987. The van der Waals surface area contributed by atoms with Gasteiger partial charge in [-0.05, 0) is 30.2 Å².